The first-order chi connectivity index (χ1) is 5.85. The van der Waals surface area contributed by atoms with Gasteiger partial charge >= 0.3 is 0 Å². The number of ether oxygens (including phenoxy) is 2. The summed E-state index contributed by atoms with van der Waals surface area (Å²) in [6.45, 7) is 2.46. The van der Waals surface area contributed by atoms with E-state index >= 15 is 0 Å². The highest BCUT2D eigenvalue weighted by Crippen LogP contribution is 2.30. The SMILES string of the molecule is CNC1CC2(CCN1)OCCO2. The van der Waals surface area contributed by atoms with Crippen molar-refractivity contribution < 1.29 is 9.47 Å². The van der Waals surface area contributed by atoms with E-state index in [2.05, 4.69) is 10.6 Å². The molecule has 4 nitrogen and oxygen atoms in total. The van der Waals surface area contributed by atoms with Gasteiger partial charge in [0.2, 0.25) is 0 Å². The molecule has 2 N–H and O–H groups in total. The Kier molecular flexibility index (Phi) is 2.32. The maximum absolute atomic E-state index is 5.61. The van der Waals surface area contributed by atoms with Crippen molar-refractivity contribution in [1.29, 1.82) is 0 Å². The maximum Gasteiger partial charge on any atom is 0.172 e. The number of piperidine rings is 1. The van der Waals surface area contributed by atoms with Gasteiger partial charge in [-0.15, -0.1) is 0 Å². The molecule has 2 aliphatic heterocycles. The highest BCUT2D eigenvalue weighted by atomic mass is 16.7. The van der Waals surface area contributed by atoms with Crippen molar-refractivity contribution in [1.82, 2.24) is 10.6 Å². The number of nitrogens with one attached hydrogen (secondary N) is 2. The van der Waals surface area contributed by atoms with Crippen LogP contribution in [0.1, 0.15) is 12.8 Å². The molecule has 1 unspecified atom stereocenters. The minimum absolute atomic E-state index is 0.279. The second-order valence-corrected chi connectivity index (χ2v) is 3.36. The van der Waals surface area contributed by atoms with Gasteiger partial charge in [-0.3, -0.25) is 0 Å². The molecule has 1 atom stereocenters. The van der Waals surface area contributed by atoms with E-state index in [-0.39, 0.29) is 5.79 Å². The van der Waals surface area contributed by atoms with Gasteiger partial charge in [0.25, 0.3) is 0 Å². The minimum atomic E-state index is -0.279. The molecule has 2 rings (SSSR count). The molecule has 0 aliphatic carbocycles. The monoisotopic (exact) mass is 172 g/mol. The molecule has 0 amide bonds. The predicted octanol–water partition coefficient (Wildman–Crippen LogP) is -0.342. The summed E-state index contributed by atoms with van der Waals surface area (Å²) >= 11 is 0. The van der Waals surface area contributed by atoms with E-state index in [0.29, 0.717) is 6.17 Å². The zero-order valence-electron chi connectivity index (χ0n) is 7.43. The van der Waals surface area contributed by atoms with Gasteiger partial charge < -0.3 is 20.1 Å². The topological polar surface area (TPSA) is 42.5 Å². The van der Waals surface area contributed by atoms with Crippen molar-refractivity contribution >= 4 is 0 Å². The molecule has 2 heterocycles. The third kappa shape index (κ3) is 1.47. The first-order valence-electron chi connectivity index (χ1n) is 4.53. The highest BCUT2D eigenvalue weighted by molar-refractivity contribution is 4.85. The second kappa shape index (κ2) is 3.30. The molecule has 0 bridgehead atoms. The van der Waals surface area contributed by atoms with Crippen molar-refractivity contribution in [3.63, 3.8) is 0 Å². The van der Waals surface area contributed by atoms with Crippen LogP contribution in [-0.2, 0) is 9.47 Å². The van der Waals surface area contributed by atoms with Crippen molar-refractivity contribution in [2.24, 2.45) is 0 Å². The van der Waals surface area contributed by atoms with Gasteiger partial charge in [0, 0.05) is 19.4 Å². The Bertz CT molecular complexity index is 157. The lowest BCUT2D eigenvalue weighted by molar-refractivity contribution is -0.181. The molecule has 2 fully saturated rings. The van der Waals surface area contributed by atoms with Crippen LogP contribution in [0, 0.1) is 0 Å². The smallest absolute Gasteiger partial charge is 0.172 e. The standard InChI is InChI=1S/C8H16N2O2/c1-9-7-6-8(2-3-10-7)11-4-5-12-8/h7,9-10H,2-6H2,1H3. The first kappa shape index (κ1) is 8.44. The lowest BCUT2D eigenvalue weighted by Gasteiger charge is -2.36. The molecule has 70 valence electrons. The molecular weight excluding hydrogens is 156 g/mol. The Morgan fingerprint density at radius 2 is 2.17 bits per heavy atom. The van der Waals surface area contributed by atoms with Gasteiger partial charge in [0.05, 0.1) is 19.4 Å². The third-order valence-electron chi connectivity index (χ3n) is 2.57. The molecule has 0 aromatic carbocycles. The molecule has 0 aromatic rings. The largest absolute Gasteiger partial charge is 0.347 e. The lowest BCUT2D eigenvalue weighted by Crippen LogP contribution is -2.53. The number of hydrogen-bond donors (Lipinski definition) is 2. The summed E-state index contributed by atoms with van der Waals surface area (Å²) in [5.41, 5.74) is 0. The summed E-state index contributed by atoms with van der Waals surface area (Å²) in [4.78, 5) is 0. The molecule has 1 spiro atoms. The van der Waals surface area contributed by atoms with Crippen molar-refractivity contribution in [3.05, 3.63) is 0 Å². The zero-order chi connectivity index (χ0) is 8.44. The molecular formula is C8H16N2O2. The van der Waals surface area contributed by atoms with Crippen LogP contribution in [0.2, 0.25) is 0 Å². The first-order valence-corrected chi connectivity index (χ1v) is 4.53. The van der Waals surface area contributed by atoms with Gasteiger partial charge in [-0.05, 0) is 7.05 Å². The van der Waals surface area contributed by atoms with E-state index < -0.39 is 0 Å². The average Bonchev–Trinajstić information content (AvgIpc) is 2.53. The Morgan fingerprint density at radius 1 is 1.42 bits per heavy atom. The fourth-order valence-corrected chi connectivity index (χ4v) is 1.89. The van der Waals surface area contributed by atoms with E-state index in [1.54, 1.807) is 0 Å². The number of rotatable bonds is 1. The fraction of sp³-hybridized carbons (Fsp3) is 1.00. The molecule has 0 aromatic heterocycles. The van der Waals surface area contributed by atoms with Crippen LogP contribution >= 0.6 is 0 Å². The Labute approximate surface area is 72.6 Å². The van der Waals surface area contributed by atoms with Crippen LogP contribution in [0.4, 0.5) is 0 Å². The predicted molar refractivity (Wildman–Crippen MR) is 44.7 cm³/mol. The third-order valence-corrected chi connectivity index (χ3v) is 2.57. The van der Waals surface area contributed by atoms with E-state index in [1.807, 2.05) is 7.05 Å². The van der Waals surface area contributed by atoms with E-state index in [9.17, 15) is 0 Å². The van der Waals surface area contributed by atoms with E-state index in [1.165, 1.54) is 0 Å². The van der Waals surface area contributed by atoms with Crippen molar-refractivity contribution in [2.45, 2.75) is 24.8 Å². The average molecular weight is 172 g/mol. The highest BCUT2D eigenvalue weighted by Gasteiger charge is 2.40. The van der Waals surface area contributed by atoms with Crippen LogP contribution in [0.25, 0.3) is 0 Å². The Morgan fingerprint density at radius 3 is 2.83 bits per heavy atom. The second-order valence-electron chi connectivity index (χ2n) is 3.36. The van der Waals surface area contributed by atoms with E-state index in [4.69, 9.17) is 9.47 Å². The van der Waals surface area contributed by atoms with Gasteiger partial charge in [0.1, 0.15) is 0 Å². The van der Waals surface area contributed by atoms with Gasteiger partial charge in [-0.1, -0.05) is 0 Å². The zero-order valence-corrected chi connectivity index (χ0v) is 7.43. The summed E-state index contributed by atoms with van der Waals surface area (Å²) in [5, 5.41) is 6.53. The lowest BCUT2D eigenvalue weighted by atomic mass is 10.0. The van der Waals surface area contributed by atoms with Gasteiger partial charge in [0.15, 0.2) is 5.79 Å². The number of hydrogen-bond acceptors (Lipinski definition) is 4. The molecule has 2 aliphatic rings. The summed E-state index contributed by atoms with van der Waals surface area (Å²) in [6.07, 6.45) is 2.20. The van der Waals surface area contributed by atoms with Crippen LogP contribution in [0.3, 0.4) is 0 Å². The molecule has 0 saturated carbocycles. The molecule has 0 radical (unpaired) electrons. The summed E-state index contributed by atoms with van der Waals surface area (Å²) in [7, 11) is 1.95. The molecule has 12 heavy (non-hydrogen) atoms. The van der Waals surface area contributed by atoms with Crippen LogP contribution < -0.4 is 10.6 Å². The van der Waals surface area contributed by atoms with Crippen LogP contribution in [-0.4, -0.2) is 38.8 Å². The normalized spacial score (nSPS) is 34.2. The van der Waals surface area contributed by atoms with Crippen LogP contribution in [0.5, 0.6) is 0 Å². The molecule has 2 saturated heterocycles. The van der Waals surface area contributed by atoms with Gasteiger partial charge in [-0.2, -0.15) is 0 Å². The maximum atomic E-state index is 5.61. The molecule has 4 heteroatoms. The minimum Gasteiger partial charge on any atom is -0.347 e. The van der Waals surface area contributed by atoms with Crippen LogP contribution in [0.15, 0.2) is 0 Å². The fourth-order valence-electron chi connectivity index (χ4n) is 1.89. The quantitative estimate of drug-likeness (QED) is 0.568. The Hall–Kier alpha value is -0.160. The van der Waals surface area contributed by atoms with Crippen molar-refractivity contribution in [3.8, 4) is 0 Å². The van der Waals surface area contributed by atoms with Gasteiger partial charge in [-0.25, -0.2) is 0 Å². The van der Waals surface area contributed by atoms with Crippen molar-refractivity contribution in [2.75, 3.05) is 26.8 Å². The Balaban J connectivity index is 1.97. The summed E-state index contributed by atoms with van der Waals surface area (Å²) in [5.74, 6) is -0.279. The summed E-state index contributed by atoms with van der Waals surface area (Å²) < 4.78 is 11.2. The summed E-state index contributed by atoms with van der Waals surface area (Å²) in [6, 6.07) is 0. The van der Waals surface area contributed by atoms with E-state index in [0.717, 1.165) is 32.6 Å².